The molecule has 2 aromatic carbocycles. The van der Waals surface area contributed by atoms with Crippen molar-refractivity contribution in [1.82, 2.24) is 5.32 Å². The first-order valence-corrected chi connectivity index (χ1v) is 9.33. The van der Waals surface area contributed by atoms with E-state index in [0.29, 0.717) is 24.8 Å². The van der Waals surface area contributed by atoms with E-state index >= 15 is 0 Å². The molecule has 27 heavy (non-hydrogen) atoms. The van der Waals surface area contributed by atoms with Crippen molar-refractivity contribution in [2.45, 2.75) is 39.0 Å². The molecule has 1 aliphatic rings. The zero-order chi connectivity index (χ0) is 19.1. The van der Waals surface area contributed by atoms with Gasteiger partial charge in [0, 0.05) is 6.42 Å². The summed E-state index contributed by atoms with van der Waals surface area (Å²) in [4.78, 5) is 17.0. The highest BCUT2D eigenvalue weighted by atomic mass is 16.5. The number of carbonyl (C=O) groups excluding carboxylic acids is 1. The molecule has 0 aliphatic carbocycles. The van der Waals surface area contributed by atoms with Crippen LogP contribution in [-0.2, 0) is 22.5 Å². The van der Waals surface area contributed by atoms with Gasteiger partial charge in [-0.25, -0.2) is 9.79 Å². The van der Waals surface area contributed by atoms with E-state index in [0.717, 1.165) is 11.1 Å². The van der Waals surface area contributed by atoms with Gasteiger partial charge in [0.05, 0.1) is 6.04 Å². The van der Waals surface area contributed by atoms with Gasteiger partial charge in [0.2, 0.25) is 5.90 Å². The van der Waals surface area contributed by atoms with Crippen molar-refractivity contribution in [3.63, 3.8) is 0 Å². The number of nitrogens with one attached hydrogen (secondary N) is 1. The molecule has 0 spiro atoms. The number of alkyl carbamates (subject to hydrolysis) is 1. The lowest BCUT2D eigenvalue weighted by Gasteiger charge is -2.18. The average molecular weight is 366 g/mol. The molecule has 0 radical (unpaired) electrons. The SMILES string of the molecule is CC(C)[C@H]1COC([C@H](Cc2ccccc2)NC(=O)OCc2ccccc2)=N1. The molecule has 3 rings (SSSR count). The van der Waals surface area contributed by atoms with Crippen LogP contribution in [0.25, 0.3) is 0 Å². The topological polar surface area (TPSA) is 59.9 Å². The van der Waals surface area contributed by atoms with Crippen LogP contribution in [0.1, 0.15) is 25.0 Å². The summed E-state index contributed by atoms with van der Waals surface area (Å²) in [7, 11) is 0. The van der Waals surface area contributed by atoms with Gasteiger partial charge in [-0.15, -0.1) is 0 Å². The molecule has 1 amide bonds. The molecular weight excluding hydrogens is 340 g/mol. The van der Waals surface area contributed by atoms with E-state index in [2.05, 4.69) is 24.2 Å². The Morgan fingerprint density at radius 1 is 1.11 bits per heavy atom. The van der Waals surface area contributed by atoms with E-state index in [4.69, 9.17) is 9.47 Å². The van der Waals surface area contributed by atoms with Crippen LogP contribution in [0.4, 0.5) is 4.79 Å². The highest BCUT2D eigenvalue weighted by Crippen LogP contribution is 2.17. The second-order valence-corrected chi connectivity index (χ2v) is 7.04. The molecule has 1 heterocycles. The number of rotatable bonds is 7. The van der Waals surface area contributed by atoms with Crippen LogP contribution in [0.2, 0.25) is 0 Å². The van der Waals surface area contributed by atoms with Crippen LogP contribution in [0.3, 0.4) is 0 Å². The number of hydrogen-bond donors (Lipinski definition) is 1. The number of hydrogen-bond acceptors (Lipinski definition) is 4. The summed E-state index contributed by atoms with van der Waals surface area (Å²) in [6.07, 6.45) is 0.129. The summed E-state index contributed by atoms with van der Waals surface area (Å²) in [5.41, 5.74) is 2.05. The lowest BCUT2D eigenvalue weighted by atomic mass is 10.1. The predicted octanol–water partition coefficient (Wildman–Crippen LogP) is 3.98. The van der Waals surface area contributed by atoms with Crippen molar-refractivity contribution in [3.8, 4) is 0 Å². The standard InChI is InChI=1S/C22H26N2O3/c1-16(2)20-15-26-21(23-20)19(13-17-9-5-3-6-10-17)24-22(25)27-14-18-11-7-4-8-12-18/h3-12,16,19-20H,13-15H2,1-2H3,(H,24,25)/t19-,20+/m0/s1. The fourth-order valence-corrected chi connectivity index (χ4v) is 2.90. The van der Waals surface area contributed by atoms with Gasteiger partial charge in [0.1, 0.15) is 19.3 Å². The molecule has 0 saturated heterocycles. The van der Waals surface area contributed by atoms with E-state index in [1.807, 2.05) is 60.7 Å². The summed E-state index contributed by atoms with van der Waals surface area (Å²) in [5.74, 6) is 0.971. The number of benzene rings is 2. The van der Waals surface area contributed by atoms with E-state index in [-0.39, 0.29) is 18.7 Å². The number of ether oxygens (including phenoxy) is 2. The summed E-state index contributed by atoms with van der Waals surface area (Å²) in [5, 5.41) is 2.92. The number of amides is 1. The molecule has 2 aromatic rings. The maximum atomic E-state index is 12.3. The van der Waals surface area contributed by atoms with Crippen molar-refractivity contribution in [2.75, 3.05) is 6.61 Å². The molecule has 142 valence electrons. The van der Waals surface area contributed by atoms with Crippen molar-refractivity contribution in [1.29, 1.82) is 0 Å². The van der Waals surface area contributed by atoms with Crippen LogP contribution in [0.5, 0.6) is 0 Å². The molecule has 1 N–H and O–H groups in total. The highest BCUT2D eigenvalue weighted by molar-refractivity contribution is 5.87. The van der Waals surface area contributed by atoms with Gasteiger partial charge in [-0.05, 0) is 17.0 Å². The summed E-state index contributed by atoms with van der Waals surface area (Å²) in [6.45, 7) is 5.02. The maximum absolute atomic E-state index is 12.3. The number of aliphatic imine (C=N–C) groups is 1. The van der Waals surface area contributed by atoms with Gasteiger partial charge < -0.3 is 14.8 Å². The maximum Gasteiger partial charge on any atom is 0.408 e. The molecule has 0 bridgehead atoms. The minimum Gasteiger partial charge on any atom is -0.477 e. The summed E-state index contributed by atoms with van der Waals surface area (Å²) < 4.78 is 11.2. The molecule has 2 atom stereocenters. The Morgan fingerprint density at radius 2 is 1.74 bits per heavy atom. The Hall–Kier alpha value is -2.82. The lowest BCUT2D eigenvalue weighted by Crippen LogP contribution is -2.42. The summed E-state index contributed by atoms with van der Waals surface area (Å²) >= 11 is 0. The van der Waals surface area contributed by atoms with E-state index in [9.17, 15) is 4.79 Å². The fraction of sp³-hybridized carbons (Fsp3) is 0.364. The van der Waals surface area contributed by atoms with Gasteiger partial charge in [0.15, 0.2) is 0 Å². The molecule has 0 aromatic heterocycles. The van der Waals surface area contributed by atoms with Gasteiger partial charge in [0.25, 0.3) is 0 Å². The van der Waals surface area contributed by atoms with Gasteiger partial charge in [-0.3, -0.25) is 0 Å². The monoisotopic (exact) mass is 366 g/mol. The molecule has 0 saturated carbocycles. The molecule has 5 nitrogen and oxygen atoms in total. The fourth-order valence-electron chi connectivity index (χ4n) is 2.90. The first-order chi connectivity index (χ1) is 13.1. The van der Waals surface area contributed by atoms with Crippen molar-refractivity contribution < 1.29 is 14.3 Å². The minimum atomic E-state index is -0.473. The molecule has 0 fully saturated rings. The van der Waals surface area contributed by atoms with E-state index in [1.54, 1.807) is 0 Å². The minimum absolute atomic E-state index is 0.125. The Labute approximate surface area is 160 Å². The van der Waals surface area contributed by atoms with Gasteiger partial charge in [-0.2, -0.15) is 0 Å². The largest absolute Gasteiger partial charge is 0.477 e. The van der Waals surface area contributed by atoms with Crippen LogP contribution < -0.4 is 5.32 Å². The van der Waals surface area contributed by atoms with Gasteiger partial charge >= 0.3 is 6.09 Å². The third-order valence-corrected chi connectivity index (χ3v) is 4.55. The Morgan fingerprint density at radius 3 is 2.33 bits per heavy atom. The number of carbonyl (C=O) groups is 1. The summed E-state index contributed by atoms with van der Waals surface area (Å²) in [6, 6.07) is 19.4. The molecular formula is C22H26N2O3. The zero-order valence-corrected chi connectivity index (χ0v) is 15.8. The molecule has 5 heteroatoms. The van der Waals surface area contributed by atoms with Gasteiger partial charge in [-0.1, -0.05) is 74.5 Å². The van der Waals surface area contributed by atoms with E-state index in [1.165, 1.54) is 0 Å². The third-order valence-electron chi connectivity index (χ3n) is 4.55. The van der Waals surface area contributed by atoms with E-state index < -0.39 is 6.09 Å². The van der Waals surface area contributed by atoms with Crippen molar-refractivity contribution in [3.05, 3.63) is 71.8 Å². The lowest BCUT2D eigenvalue weighted by molar-refractivity contribution is 0.137. The molecule has 1 aliphatic heterocycles. The van der Waals surface area contributed by atoms with Crippen LogP contribution in [0.15, 0.2) is 65.7 Å². The Bertz CT molecular complexity index is 760. The predicted molar refractivity (Wildman–Crippen MR) is 106 cm³/mol. The van der Waals surface area contributed by atoms with Crippen LogP contribution in [-0.4, -0.2) is 30.7 Å². The average Bonchev–Trinajstić information content (AvgIpc) is 3.18. The second-order valence-electron chi connectivity index (χ2n) is 7.04. The second kappa shape index (κ2) is 9.21. The molecule has 0 unspecified atom stereocenters. The zero-order valence-electron chi connectivity index (χ0n) is 15.8. The smallest absolute Gasteiger partial charge is 0.408 e. The highest BCUT2D eigenvalue weighted by Gasteiger charge is 2.29. The van der Waals surface area contributed by atoms with Crippen molar-refractivity contribution in [2.24, 2.45) is 10.9 Å². The Balaban J connectivity index is 1.66. The van der Waals surface area contributed by atoms with Crippen LogP contribution in [0, 0.1) is 5.92 Å². The van der Waals surface area contributed by atoms with Crippen molar-refractivity contribution >= 4 is 12.0 Å². The normalized spacial score (nSPS) is 17.1. The first-order valence-electron chi connectivity index (χ1n) is 9.33. The number of nitrogens with zero attached hydrogens (tertiary/aromatic N) is 1. The van der Waals surface area contributed by atoms with Crippen LogP contribution >= 0.6 is 0 Å². The Kier molecular flexibility index (Phi) is 6.47. The quantitative estimate of drug-likeness (QED) is 0.806. The third kappa shape index (κ3) is 5.58. The first kappa shape index (κ1) is 19.0.